The van der Waals surface area contributed by atoms with Gasteiger partial charge < -0.3 is 19.5 Å². The van der Waals surface area contributed by atoms with Gasteiger partial charge in [0, 0.05) is 26.1 Å². The Hall–Kier alpha value is -2.31. The Morgan fingerprint density at radius 3 is 2.50 bits per heavy atom. The second kappa shape index (κ2) is 10.1. The molecule has 30 heavy (non-hydrogen) atoms. The summed E-state index contributed by atoms with van der Waals surface area (Å²) in [5, 5.41) is 3.41. The van der Waals surface area contributed by atoms with E-state index in [1.165, 1.54) is 6.26 Å². The van der Waals surface area contributed by atoms with Crippen molar-refractivity contribution in [2.24, 2.45) is 5.92 Å². The number of carbonyl (C=O) groups is 2. The molecule has 2 aromatic rings. The summed E-state index contributed by atoms with van der Waals surface area (Å²) in [6.07, 6.45) is 4.07. The SMILES string of the molecule is CCNCC1CCN(C(=O)C2Cc3ccccc3CN2C(=O)c2ccco2)CC1.Cl. The van der Waals surface area contributed by atoms with E-state index in [-0.39, 0.29) is 30.0 Å². The van der Waals surface area contributed by atoms with Gasteiger partial charge in [0.1, 0.15) is 6.04 Å². The van der Waals surface area contributed by atoms with Crippen LogP contribution < -0.4 is 5.32 Å². The van der Waals surface area contributed by atoms with Gasteiger partial charge in [0.25, 0.3) is 5.91 Å². The molecule has 1 atom stereocenters. The largest absolute Gasteiger partial charge is 0.459 e. The van der Waals surface area contributed by atoms with Crippen LogP contribution in [0.1, 0.15) is 41.4 Å². The first-order chi connectivity index (χ1) is 14.2. The minimum Gasteiger partial charge on any atom is -0.459 e. The maximum absolute atomic E-state index is 13.5. The van der Waals surface area contributed by atoms with Crippen molar-refractivity contribution in [3.63, 3.8) is 0 Å². The lowest BCUT2D eigenvalue weighted by atomic mass is 9.91. The van der Waals surface area contributed by atoms with Gasteiger partial charge in [0.15, 0.2) is 5.76 Å². The third-order valence-corrected chi connectivity index (χ3v) is 6.14. The van der Waals surface area contributed by atoms with Crippen molar-refractivity contribution in [3.05, 3.63) is 59.5 Å². The third-order valence-electron chi connectivity index (χ3n) is 6.14. The molecule has 1 unspecified atom stereocenters. The topological polar surface area (TPSA) is 65.8 Å². The van der Waals surface area contributed by atoms with Crippen LogP contribution in [0.15, 0.2) is 47.1 Å². The zero-order valence-corrected chi connectivity index (χ0v) is 18.2. The zero-order valence-electron chi connectivity index (χ0n) is 17.4. The minimum atomic E-state index is -0.479. The van der Waals surface area contributed by atoms with Crippen molar-refractivity contribution in [2.45, 2.75) is 38.8 Å². The predicted octanol–water partition coefficient (Wildman–Crippen LogP) is 3.12. The van der Waals surface area contributed by atoms with Crippen LogP contribution in [-0.4, -0.2) is 53.8 Å². The zero-order chi connectivity index (χ0) is 20.2. The lowest BCUT2D eigenvalue weighted by molar-refractivity contribution is -0.138. The highest BCUT2D eigenvalue weighted by Gasteiger charge is 2.38. The van der Waals surface area contributed by atoms with E-state index in [2.05, 4.69) is 18.3 Å². The lowest BCUT2D eigenvalue weighted by Crippen LogP contribution is -2.55. The molecule has 2 aliphatic heterocycles. The van der Waals surface area contributed by atoms with Gasteiger partial charge in [-0.05, 0) is 55.1 Å². The van der Waals surface area contributed by atoms with E-state index in [1.54, 1.807) is 17.0 Å². The number of nitrogens with zero attached hydrogens (tertiary/aromatic N) is 2. The monoisotopic (exact) mass is 431 g/mol. The average molecular weight is 432 g/mol. The van der Waals surface area contributed by atoms with Crippen LogP contribution in [0, 0.1) is 5.92 Å². The molecule has 7 heteroatoms. The number of piperidine rings is 1. The second-order valence-electron chi connectivity index (χ2n) is 7.98. The fourth-order valence-corrected chi connectivity index (χ4v) is 4.42. The number of hydrogen-bond acceptors (Lipinski definition) is 4. The summed E-state index contributed by atoms with van der Waals surface area (Å²) >= 11 is 0. The molecule has 2 amide bonds. The first kappa shape index (κ1) is 22.4. The number of furan rings is 1. The van der Waals surface area contributed by atoms with Crippen LogP contribution in [0.5, 0.6) is 0 Å². The molecule has 162 valence electrons. The summed E-state index contributed by atoms with van der Waals surface area (Å²) in [5.74, 6) is 0.740. The van der Waals surface area contributed by atoms with Crippen molar-refractivity contribution in [3.8, 4) is 0 Å². The summed E-state index contributed by atoms with van der Waals surface area (Å²) in [7, 11) is 0. The Morgan fingerprint density at radius 2 is 1.83 bits per heavy atom. The molecule has 1 fully saturated rings. The molecule has 0 saturated carbocycles. The molecule has 3 heterocycles. The fourth-order valence-electron chi connectivity index (χ4n) is 4.42. The predicted molar refractivity (Wildman–Crippen MR) is 118 cm³/mol. The summed E-state index contributed by atoms with van der Waals surface area (Å²) in [6.45, 7) is 6.06. The van der Waals surface area contributed by atoms with Crippen LogP contribution in [0.4, 0.5) is 0 Å². The Balaban J connectivity index is 0.00000256. The van der Waals surface area contributed by atoms with Gasteiger partial charge in [-0.2, -0.15) is 0 Å². The van der Waals surface area contributed by atoms with Crippen LogP contribution in [0.2, 0.25) is 0 Å². The van der Waals surface area contributed by atoms with Gasteiger partial charge in [-0.15, -0.1) is 12.4 Å². The minimum absolute atomic E-state index is 0. The van der Waals surface area contributed by atoms with E-state index in [1.807, 2.05) is 23.1 Å². The van der Waals surface area contributed by atoms with Crippen molar-refractivity contribution in [2.75, 3.05) is 26.2 Å². The Morgan fingerprint density at radius 1 is 1.10 bits per heavy atom. The van der Waals surface area contributed by atoms with E-state index in [9.17, 15) is 9.59 Å². The molecule has 1 saturated heterocycles. The van der Waals surface area contributed by atoms with Crippen molar-refractivity contribution in [1.29, 1.82) is 0 Å². The normalized spacial score (nSPS) is 19.2. The molecule has 1 aromatic carbocycles. The number of halogens is 1. The highest BCUT2D eigenvalue weighted by Crippen LogP contribution is 2.27. The quantitative estimate of drug-likeness (QED) is 0.789. The van der Waals surface area contributed by atoms with Crippen LogP contribution in [0.25, 0.3) is 0 Å². The molecule has 0 bridgehead atoms. The van der Waals surface area contributed by atoms with Gasteiger partial charge in [-0.3, -0.25) is 9.59 Å². The highest BCUT2D eigenvalue weighted by atomic mass is 35.5. The standard InChI is InChI=1S/C23H29N3O3.ClH/c1-2-24-15-17-9-11-25(12-10-17)22(27)20-14-18-6-3-4-7-19(18)16-26(20)23(28)21-8-5-13-29-21;/h3-8,13,17,20,24H,2,9-12,14-16H2,1H3;1H. The number of rotatable bonds is 5. The molecule has 0 aliphatic carbocycles. The number of likely N-dealkylation sites (tertiary alicyclic amines) is 1. The van der Waals surface area contributed by atoms with Crippen molar-refractivity contribution in [1.82, 2.24) is 15.1 Å². The van der Waals surface area contributed by atoms with E-state index in [4.69, 9.17) is 4.42 Å². The van der Waals surface area contributed by atoms with Gasteiger partial charge in [-0.25, -0.2) is 0 Å². The summed E-state index contributed by atoms with van der Waals surface area (Å²) in [4.78, 5) is 30.2. The number of carbonyl (C=O) groups excluding carboxylic acids is 2. The molecule has 0 spiro atoms. The van der Waals surface area contributed by atoms with E-state index < -0.39 is 6.04 Å². The van der Waals surface area contributed by atoms with Gasteiger partial charge in [0.05, 0.1) is 6.26 Å². The Labute approximate surface area is 184 Å². The van der Waals surface area contributed by atoms with Crippen molar-refractivity contribution < 1.29 is 14.0 Å². The number of nitrogens with one attached hydrogen (secondary N) is 1. The average Bonchev–Trinajstić information content (AvgIpc) is 3.31. The van der Waals surface area contributed by atoms with Crippen molar-refractivity contribution >= 4 is 24.2 Å². The first-order valence-electron chi connectivity index (χ1n) is 10.6. The molecule has 2 aliphatic rings. The van der Waals surface area contributed by atoms with E-state index in [0.29, 0.717) is 18.9 Å². The highest BCUT2D eigenvalue weighted by molar-refractivity contribution is 5.96. The molecule has 4 rings (SSSR count). The van der Waals surface area contributed by atoms with Crippen LogP contribution >= 0.6 is 12.4 Å². The first-order valence-corrected chi connectivity index (χ1v) is 10.6. The molecule has 6 nitrogen and oxygen atoms in total. The van der Waals surface area contributed by atoms with Crippen LogP contribution in [0.3, 0.4) is 0 Å². The molecule has 1 aromatic heterocycles. The second-order valence-corrected chi connectivity index (χ2v) is 7.98. The number of benzene rings is 1. The van der Waals surface area contributed by atoms with E-state index in [0.717, 1.165) is 50.1 Å². The maximum atomic E-state index is 13.5. The molecule has 0 radical (unpaired) electrons. The Bertz CT molecular complexity index is 847. The molecular weight excluding hydrogens is 402 g/mol. The fraction of sp³-hybridized carbons (Fsp3) is 0.478. The number of amides is 2. The number of fused-ring (bicyclic) bond motifs is 1. The van der Waals surface area contributed by atoms with E-state index >= 15 is 0 Å². The Kier molecular flexibility index (Phi) is 7.56. The maximum Gasteiger partial charge on any atom is 0.290 e. The summed E-state index contributed by atoms with van der Waals surface area (Å²) in [5.41, 5.74) is 2.25. The molecule has 1 N–H and O–H groups in total. The van der Waals surface area contributed by atoms with Gasteiger partial charge in [0.2, 0.25) is 5.91 Å². The molecular formula is C23H30ClN3O3. The van der Waals surface area contributed by atoms with Gasteiger partial charge >= 0.3 is 0 Å². The van der Waals surface area contributed by atoms with Gasteiger partial charge in [-0.1, -0.05) is 31.2 Å². The smallest absolute Gasteiger partial charge is 0.290 e. The third kappa shape index (κ3) is 4.71. The summed E-state index contributed by atoms with van der Waals surface area (Å²) < 4.78 is 5.34. The van der Waals surface area contributed by atoms with Crippen LogP contribution in [-0.2, 0) is 17.8 Å². The lowest BCUT2D eigenvalue weighted by Gasteiger charge is -2.40. The number of hydrogen-bond donors (Lipinski definition) is 1. The summed E-state index contributed by atoms with van der Waals surface area (Å²) in [6, 6.07) is 11.0.